The van der Waals surface area contributed by atoms with Gasteiger partial charge < -0.3 is 4.74 Å². The number of aromatic nitrogens is 2. The molecule has 0 aliphatic heterocycles. The van der Waals surface area contributed by atoms with Crippen molar-refractivity contribution in [2.24, 2.45) is 7.05 Å². The van der Waals surface area contributed by atoms with E-state index in [1.807, 2.05) is 6.92 Å². The van der Waals surface area contributed by atoms with Crippen LogP contribution in [0.3, 0.4) is 0 Å². The lowest BCUT2D eigenvalue weighted by atomic mass is 10.2. The molecule has 0 bridgehead atoms. The maximum absolute atomic E-state index is 11.3. The van der Waals surface area contributed by atoms with Crippen LogP contribution in [0.5, 0.6) is 0 Å². The van der Waals surface area contributed by atoms with Crippen molar-refractivity contribution in [3.8, 4) is 0 Å². The maximum Gasteiger partial charge on any atom is 0.192 e. The first kappa shape index (κ1) is 9.51. The molecule has 0 saturated heterocycles. The van der Waals surface area contributed by atoms with Crippen LogP contribution < -0.4 is 0 Å². The molecule has 0 aliphatic carbocycles. The minimum Gasteiger partial charge on any atom is -0.501 e. The minimum absolute atomic E-state index is 0.0958. The van der Waals surface area contributed by atoms with Crippen LogP contribution in [0.25, 0.3) is 0 Å². The van der Waals surface area contributed by atoms with Crippen LogP contribution in [0, 0.1) is 0 Å². The number of carbonyl (C=O) groups is 1. The summed E-state index contributed by atoms with van der Waals surface area (Å²) in [7, 11) is 1.77. The van der Waals surface area contributed by atoms with Gasteiger partial charge in [-0.15, -0.1) is 0 Å². The third-order valence-corrected chi connectivity index (χ3v) is 1.47. The molecule has 1 heterocycles. The molecule has 70 valence electrons. The summed E-state index contributed by atoms with van der Waals surface area (Å²) >= 11 is 0. The molecule has 0 unspecified atom stereocenters. The SMILES string of the molecule is CCO/C=C/C(=O)c1cnn(C)c1. The lowest BCUT2D eigenvalue weighted by Gasteiger charge is -1.91. The molecule has 0 atom stereocenters. The van der Waals surface area contributed by atoms with Gasteiger partial charge in [-0.1, -0.05) is 0 Å². The fourth-order valence-corrected chi connectivity index (χ4v) is 0.851. The van der Waals surface area contributed by atoms with Crippen molar-refractivity contribution < 1.29 is 9.53 Å². The minimum atomic E-state index is -0.0958. The van der Waals surface area contributed by atoms with Gasteiger partial charge in [-0.2, -0.15) is 5.10 Å². The second-order valence-corrected chi connectivity index (χ2v) is 2.53. The van der Waals surface area contributed by atoms with E-state index in [9.17, 15) is 4.79 Å². The van der Waals surface area contributed by atoms with Crippen molar-refractivity contribution in [2.45, 2.75) is 6.92 Å². The fraction of sp³-hybridized carbons (Fsp3) is 0.333. The first-order valence-corrected chi connectivity index (χ1v) is 4.05. The average Bonchev–Trinajstić information content (AvgIpc) is 2.52. The molecule has 0 spiro atoms. The molecular weight excluding hydrogens is 168 g/mol. The van der Waals surface area contributed by atoms with Crippen LogP contribution >= 0.6 is 0 Å². The Morgan fingerprint density at radius 2 is 2.54 bits per heavy atom. The van der Waals surface area contributed by atoms with Gasteiger partial charge in [0.05, 0.1) is 24.6 Å². The highest BCUT2D eigenvalue weighted by Crippen LogP contribution is 1.98. The van der Waals surface area contributed by atoms with Gasteiger partial charge in [-0.25, -0.2) is 0 Å². The lowest BCUT2D eigenvalue weighted by Crippen LogP contribution is -1.92. The van der Waals surface area contributed by atoms with E-state index in [2.05, 4.69) is 5.10 Å². The van der Waals surface area contributed by atoms with Crippen molar-refractivity contribution in [2.75, 3.05) is 6.61 Å². The van der Waals surface area contributed by atoms with E-state index < -0.39 is 0 Å². The number of carbonyl (C=O) groups excluding carboxylic acids is 1. The van der Waals surface area contributed by atoms with E-state index in [-0.39, 0.29) is 5.78 Å². The predicted octanol–water partition coefficient (Wildman–Crippen LogP) is 1.15. The Labute approximate surface area is 76.8 Å². The third-order valence-electron chi connectivity index (χ3n) is 1.47. The molecule has 0 amide bonds. The Hall–Kier alpha value is -1.58. The lowest BCUT2D eigenvalue weighted by molar-refractivity contribution is 0.104. The summed E-state index contributed by atoms with van der Waals surface area (Å²) in [5, 5.41) is 3.89. The van der Waals surface area contributed by atoms with E-state index in [1.54, 1.807) is 17.9 Å². The Kier molecular flexibility index (Phi) is 3.25. The van der Waals surface area contributed by atoms with Crippen molar-refractivity contribution in [1.82, 2.24) is 9.78 Å². The third kappa shape index (κ3) is 2.74. The van der Waals surface area contributed by atoms with Crippen LogP contribution in [0.4, 0.5) is 0 Å². The van der Waals surface area contributed by atoms with E-state index >= 15 is 0 Å². The van der Waals surface area contributed by atoms with Gasteiger partial charge >= 0.3 is 0 Å². The topological polar surface area (TPSA) is 44.1 Å². The highest BCUT2D eigenvalue weighted by Gasteiger charge is 2.02. The van der Waals surface area contributed by atoms with Gasteiger partial charge in [0.1, 0.15) is 0 Å². The van der Waals surface area contributed by atoms with Crippen molar-refractivity contribution >= 4 is 5.78 Å². The Morgan fingerprint density at radius 1 is 1.77 bits per heavy atom. The molecule has 1 aromatic rings. The second kappa shape index (κ2) is 4.45. The molecule has 4 nitrogen and oxygen atoms in total. The van der Waals surface area contributed by atoms with Crippen LogP contribution in [0.1, 0.15) is 17.3 Å². The summed E-state index contributed by atoms with van der Waals surface area (Å²) in [5.74, 6) is -0.0958. The molecule has 0 aliphatic rings. The average molecular weight is 180 g/mol. The fourth-order valence-electron chi connectivity index (χ4n) is 0.851. The summed E-state index contributed by atoms with van der Waals surface area (Å²) < 4.78 is 6.49. The number of ketones is 1. The predicted molar refractivity (Wildman–Crippen MR) is 48.3 cm³/mol. The number of allylic oxidation sites excluding steroid dienone is 1. The van der Waals surface area contributed by atoms with Crippen molar-refractivity contribution in [1.29, 1.82) is 0 Å². The number of hydrogen-bond acceptors (Lipinski definition) is 3. The molecule has 0 fully saturated rings. The normalized spacial score (nSPS) is 10.6. The summed E-state index contributed by atoms with van der Waals surface area (Å²) in [6, 6.07) is 0. The summed E-state index contributed by atoms with van der Waals surface area (Å²) in [4.78, 5) is 11.3. The Morgan fingerprint density at radius 3 is 3.08 bits per heavy atom. The molecule has 1 rings (SSSR count). The highest BCUT2D eigenvalue weighted by molar-refractivity contribution is 6.03. The van der Waals surface area contributed by atoms with Gasteiger partial charge in [-0.05, 0) is 6.92 Å². The van der Waals surface area contributed by atoms with Gasteiger partial charge in [-0.3, -0.25) is 9.48 Å². The monoisotopic (exact) mass is 180 g/mol. The zero-order valence-electron chi connectivity index (χ0n) is 7.73. The van der Waals surface area contributed by atoms with Crippen LogP contribution in [0.15, 0.2) is 24.7 Å². The van der Waals surface area contributed by atoms with E-state index in [4.69, 9.17) is 4.74 Å². The second-order valence-electron chi connectivity index (χ2n) is 2.53. The smallest absolute Gasteiger partial charge is 0.192 e. The van der Waals surface area contributed by atoms with Crippen LogP contribution in [0.2, 0.25) is 0 Å². The maximum atomic E-state index is 11.3. The standard InChI is InChI=1S/C9H12N2O2/c1-3-13-5-4-9(12)8-6-10-11(2)7-8/h4-7H,3H2,1-2H3/b5-4+. The summed E-state index contributed by atoms with van der Waals surface area (Å²) in [6.45, 7) is 2.43. The number of nitrogens with zero attached hydrogens (tertiary/aromatic N) is 2. The molecular formula is C9H12N2O2. The van der Waals surface area contributed by atoms with Crippen LogP contribution in [-0.4, -0.2) is 22.2 Å². The van der Waals surface area contributed by atoms with Gasteiger partial charge in [0.25, 0.3) is 0 Å². The van der Waals surface area contributed by atoms with E-state index in [1.165, 1.54) is 18.5 Å². The molecule has 0 aromatic carbocycles. The molecule has 0 saturated carbocycles. The Bertz CT molecular complexity index is 315. The van der Waals surface area contributed by atoms with E-state index in [0.29, 0.717) is 12.2 Å². The zero-order chi connectivity index (χ0) is 9.68. The van der Waals surface area contributed by atoms with Gasteiger partial charge in [0.15, 0.2) is 5.78 Å². The molecule has 0 radical (unpaired) electrons. The number of ether oxygens (including phenoxy) is 1. The molecule has 4 heteroatoms. The van der Waals surface area contributed by atoms with Crippen molar-refractivity contribution in [3.05, 3.63) is 30.3 Å². The van der Waals surface area contributed by atoms with Gasteiger partial charge in [0, 0.05) is 19.3 Å². The number of hydrogen-bond donors (Lipinski definition) is 0. The largest absolute Gasteiger partial charge is 0.501 e. The van der Waals surface area contributed by atoms with Gasteiger partial charge in [0.2, 0.25) is 0 Å². The molecule has 0 N–H and O–H groups in total. The van der Waals surface area contributed by atoms with Crippen molar-refractivity contribution in [3.63, 3.8) is 0 Å². The van der Waals surface area contributed by atoms with Crippen LogP contribution in [-0.2, 0) is 11.8 Å². The zero-order valence-corrected chi connectivity index (χ0v) is 7.73. The number of aryl methyl sites for hydroxylation is 1. The first-order chi connectivity index (χ1) is 6.24. The quantitative estimate of drug-likeness (QED) is 0.396. The van der Waals surface area contributed by atoms with E-state index in [0.717, 1.165) is 0 Å². The summed E-state index contributed by atoms with van der Waals surface area (Å²) in [6.07, 6.45) is 5.98. The molecule has 1 aromatic heterocycles. The summed E-state index contributed by atoms with van der Waals surface area (Å²) in [5.41, 5.74) is 0.568. The Balaban J connectivity index is 2.58. The molecule has 13 heavy (non-hydrogen) atoms. The highest BCUT2D eigenvalue weighted by atomic mass is 16.5. The first-order valence-electron chi connectivity index (χ1n) is 4.05. The number of rotatable bonds is 4.